The fourth-order valence-electron chi connectivity index (χ4n) is 2.78. The van der Waals surface area contributed by atoms with Crippen molar-refractivity contribution in [3.63, 3.8) is 0 Å². The molecule has 3 rings (SSSR count). The van der Waals surface area contributed by atoms with Gasteiger partial charge in [-0.05, 0) is 19.3 Å². The van der Waals surface area contributed by atoms with Crippen LogP contribution in [0, 0.1) is 10.8 Å². The summed E-state index contributed by atoms with van der Waals surface area (Å²) < 4.78 is 9.18. The molecule has 3 aliphatic carbocycles. The summed E-state index contributed by atoms with van der Waals surface area (Å²) in [6, 6.07) is 0. The molecule has 3 fully saturated rings. The van der Waals surface area contributed by atoms with Crippen LogP contribution in [-0.2, 0) is 23.9 Å². The first-order valence-corrected chi connectivity index (χ1v) is 4.75. The predicted octanol–water partition coefficient (Wildman–Crippen LogP) is 0.0718. The minimum atomic E-state index is -1.05. The van der Waals surface area contributed by atoms with E-state index in [1.165, 1.54) is 14.2 Å². The number of hydrogen-bond acceptors (Lipinski definition) is 5. The molecule has 0 aromatic heterocycles. The van der Waals surface area contributed by atoms with Crippen LogP contribution in [-0.4, -0.2) is 31.9 Å². The Hall–Kier alpha value is -1.39. The topological polar surface area (TPSA) is 69.7 Å². The number of Topliss-reactive ketones (excluding diaryl/α,β-unsaturated/α-hetero) is 1. The Labute approximate surface area is 86.7 Å². The van der Waals surface area contributed by atoms with Crippen LogP contribution in [0.2, 0.25) is 0 Å². The molecule has 0 heterocycles. The van der Waals surface area contributed by atoms with Gasteiger partial charge in [-0.15, -0.1) is 0 Å². The van der Waals surface area contributed by atoms with Crippen molar-refractivity contribution in [1.82, 2.24) is 0 Å². The molecule has 15 heavy (non-hydrogen) atoms. The minimum absolute atomic E-state index is 0.248. The van der Waals surface area contributed by atoms with Crippen molar-refractivity contribution in [3.05, 3.63) is 0 Å². The zero-order valence-electron chi connectivity index (χ0n) is 8.66. The first-order chi connectivity index (χ1) is 7.03. The van der Waals surface area contributed by atoms with E-state index in [-0.39, 0.29) is 12.2 Å². The third-order valence-corrected chi connectivity index (χ3v) is 3.60. The van der Waals surface area contributed by atoms with Crippen LogP contribution in [0.15, 0.2) is 0 Å². The Kier molecular flexibility index (Phi) is 1.90. The molecule has 0 saturated heterocycles. The van der Waals surface area contributed by atoms with E-state index < -0.39 is 22.8 Å². The summed E-state index contributed by atoms with van der Waals surface area (Å²) >= 11 is 0. The van der Waals surface area contributed by atoms with Crippen LogP contribution in [0.1, 0.15) is 19.3 Å². The highest BCUT2D eigenvalue weighted by atomic mass is 16.5. The maximum atomic E-state index is 11.9. The van der Waals surface area contributed by atoms with Gasteiger partial charge in [0.05, 0.1) is 14.2 Å². The van der Waals surface area contributed by atoms with Crippen molar-refractivity contribution in [3.8, 4) is 0 Å². The van der Waals surface area contributed by atoms with Crippen molar-refractivity contribution in [2.45, 2.75) is 19.3 Å². The molecule has 0 aromatic carbocycles. The number of ether oxygens (including phenoxy) is 2. The van der Waals surface area contributed by atoms with Crippen molar-refractivity contribution in [1.29, 1.82) is 0 Å². The lowest BCUT2D eigenvalue weighted by molar-refractivity contribution is -0.177. The Morgan fingerprint density at radius 1 is 1.07 bits per heavy atom. The quantitative estimate of drug-likeness (QED) is 0.478. The summed E-state index contributed by atoms with van der Waals surface area (Å²) in [6.07, 6.45) is 1.04. The van der Waals surface area contributed by atoms with E-state index in [1.807, 2.05) is 0 Å². The molecule has 2 unspecified atom stereocenters. The average Bonchev–Trinajstić information content (AvgIpc) is 2.80. The smallest absolute Gasteiger partial charge is 0.319 e. The first kappa shape index (κ1) is 10.1. The first-order valence-electron chi connectivity index (χ1n) is 4.75. The molecule has 5 heteroatoms. The summed E-state index contributed by atoms with van der Waals surface area (Å²) in [5.41, 5.74) is -2.11. The number of esters is 2. The fraction of sp³-hybridized carbons (Fsp3) is 0.700. The van der Waals surface area contributed by atoms with Crippen molar-refractivity contribution in [2.24, 2.45) is 10.8 Å². The lowest BCUT2D eigenvalue weighted by Crippen LogP contribution is -2.58. The van der Waals surface area contributed by atoms with Gasteiger partial charge in [-0.2, -0.15) is 0 Å². The van der Waals surface area contributed by atoms with Crippen LogP contribution in [0.4, 0.5) is 0 Å². The summed E-state index contributed by atoms with van der Waals surface area (Å²) in [5, 5.41) is 0. The molecule has 0 aromatic rings. The molecule has 2 bridgehead atoms. The van der Waals surface area contributed by atoms with E-state index in [2.05, 4.69) is 9.47 Å². The highest BCUT2D eigenvalue weighted by Gasteiger charge is 2.76. The number of rotatable bonds is 2. The van der Waals surface area contributed by atoms with E-state index in [4.69, 9.17) is 0 Å². The van der Waals surface area contributed by atoms with Crippen LogP contribution in [0.25, 0.3) is 0 Å². The lowest BCUT2D eigenvalue weighted by Gasteiger charge is -2.40. The number of fused-ring (bicyclic) bond motifs is 1. The molecule has 0 N–H and O–H groups in total. The maximum absolute atomic E-state index is 11.9. The second-order valence-corrected chi connectivity index (χ2v) is 4.15. The minimum Gasteiger partial charge on any atom is -0.468 e. The van der Waals surface area contributed by atoms with Gasteiger partial charge in [0, 0.05) is 0 Å². The molecule has 0 aliphatic heterocycles. The zero-order chi connectivity index (χ0) is 11.3. The molecule has 0 radical (unpaired) electrons. The van der Waals surface area contributed by atoms with Gasteiger partial charge in [-0.3, -0.25) is 14.4 Å². The predicted molar refractivity (Wildman–Crippen MR) is 47.8 cm³/mol. The highest BCUT2D eigenvalue weighted by molar-refractivity contribution is 6.22. The number of hydrogen-bond donors (Lipinski definition) is 0. The third kappa shape index (κ3) is 0.905. The van der Waals surface area contributed by atoms with Crippen LogP contribution in [0.5, 0.6) is 0 Å². The van der Waals surface area contributed by atoms with Gasteiger partial charge >= 0.3 is 11.9 Å². The number of ketones is 1. The molecular formula is C10H12O5. The van der Waals surface area contributed by atoms with E-state index in [0.29, 0.717) is 12.8 Å². The Morgan fingerprint density at radius 3 is 1.73 bits per heavy atom. The average molecular weight is 212 g/mol. The fourth-order valence-corrected chi connectivity index (χ4v) is 2.78. The van der Waals surface area contributed by atoms with E-state index in [0.717, 1.165) is 0 Å². The summed E-state index contributed by atoms with van der Waals surface area (Å²) in [4.78, 5) is 34.8. The SMILES string of the molecule is COC(=O)C12CCC(C(=O)OC)(C1)C2=O. The Balaban J connectivity index is 2.27. The molecular weight excluding hydrogens is 200 g/mol. The van der Waals surface area contributed by atoms with Gasteiger partial charge in [0.15, 0.2) is 5.78 Å². The van der Waals surface area contributed by atoms with E-state index >= 15 is 0 Å². The molecule has 3 saturated carbocycles. The maximum Gasteiger partial charge on any atom is 0.319 e. The summed E-state index contributed by atoms with van der Waals surface area (Å²) in [7, 11) is 2.50. The van der Waals surface area contributed by atoms with Gasteiger partial charge in [-0.1, -0.05) is 0 Å². The second kappa shape index (κ2) is 2.81. The standard InChI is InChI=1S/C10H12O5/c1-14-7(12)9-3-4-10(5-9,6(9)11)8(13)15-2/h3-5H2,1-2H3. The molecule has 2 atom stereocenters. The third-order valence-electron chi connectivity index (χ3n) is 3.60. The van der Waals surface area contributed by atoms with Crippen LogP contribution < -0.4 is 0 Å². The van der Waals surface area contributed by atoms with Gasteiger partial charge in [0.2, 0.25) is 0 Å². The lowest BCUT2D eigenvalue weighted by atomic mass is 9.59. The van der Waals surface area contributed by atoms with E-state index in [9.17, 15) is 14.4 Å². The summed E-state index contributed by atoms with van der Waals surface area (Å²) in [6.45, 7) is 0. The molecule has 5 nitrogen and oxygen atoms in total. The van der Waals surface area contributed by atoms with Gasteiger partial charge in [0.1, 0.15) is 10.8 Å². The largest absolute Gasteiger partial charge is 0.468 e. The zero-order valence-corrected chi connectivity index (χ0v) is 8.66. The van der Waals surface area contributed by atoms with Crippen LogP contribution >= 0.6 is 0 Å². The molecule has 0 spiro atoms. The Morgan fingerprint density at radius 2 is 1.47 bits per heavy atom. The normalized spacial score (nSPS) is 37.1. The highest BCUT2D eigenvalue weighted by Crippen LogP contribution is 2.64. The van der Waals surface area contributed by atoms with E-state index in [1.54, 1.807) is 0 Å². The van der Waals surface area contributed by atoms with Crippen LogP contribution in [0.3, 0.4) is 0 Å². The van der Waals surface area contributed by atoms with Crippen molar-refractivity contribution >= 4 is 17.7 Å². The van der Waals surface area contributed by atoms with Crippen molar-refractivity contribution < 1.29 is 23.9 Å². The molecule has 3 aliphatic rings. The monoisotopic (exact) mass is 212 g/mol. The van der Waals surface area contributed by atoms with Crippen molar-refractivity contribution in [2.75, 3.05) is 14.2 Å². The second-order valence-electron chi connectivity index (χ2n) is 4.15. The number of carbonyl (C=O) groups is 3. The number of methoxy groups -OCH3 is 2. The Bertz CT molecular complexity index is 329. The summed E-state index contributed by atoms with van der Waals surface area (Å²) in [5.74, 6) is -1.37. The number of carbonyl (C=O) groups excluding carboxylic acids is 3. The van der Waals surface area contributed by atoms with Gasteiger partial charge in [-0.25, -0.2) is 0 Å². The molecule has 82 valence electrons. The van der Waals surface area contributed by atoms with Gasteiger partial charge < -0.3 is 9.47 Å². The molecule has 0 amide bonds. The van der Waals surface area contributed by atoms with Gasteiger partial charge in [0.25, 0.3) is 0 Å².